The van der Waals surface area contributed by atoms with Crippen molar-refractivity contribution in [3.05, 3.63) is 87.4 Å². The summed E-state index contributed by atoms with van der Waals surface area (Å²) in [5.74, 6) is -0.348. The summed E-state index contributed by atoms with van der Waals surface area (Å²) in [5.41, 5.74) is 3.20. The number of hydrogen-bond acceptors (Lipinski definition) is 3. The zero-order valence-corrected chi connectivity index (χ0v) is 19.2. The van der Waals surface area contributed by atoms with E-state index in [0.717, 1.165) is 11.1 Å². The molecule has 1 atom stereocenters. The minimum absolute atomic E-state index is 0.246. The highest BCUT2D eigenvalue weighted by Gasteiger charge is 2.36. The molecule has 0 fully saturated rings. The van der Waals surface area contributed by atoms with Gasteiger partial charge in [0, 0.05) is 16.6 Å². The van der Waals surface area contributed by atoms with E-state index in [4.69, 9.17) is 23.2 Å². The molecule has 4 rings (SSSR count). The Morgan fingerprint density at radius 3 is 2.45 bits per heavy atom. The molecule has 0 bridgehead atoms. The van der Waals surface area contributed by atoms with Crippen molar-refractivity contribution < 1.29 is 13.2 Å². The predicted octanol–water partition coefficient (Wildman–Crippen LogP) is 5.69. The number of fused-ring (bicyclic) bond motifs is 1. The molecule has 1 aliphatic rings. The first kappa shape index (κ1) is 21.7. The van der Waals surface area contributed by atoms with E-state index < -0.39 is 10.0 Å². The molecule has 0 radical (unpaired) electrons. The Hall–Kier alpha value is -2.54. The number of benzene rings is 3. The number of aryl methyl sites for hydroxylation is 1. The molecule has 3 aromatic rings. The summed E-state index contributed by atoms with van der Waals surface area (Å²) in [6.07, 6.45) is 0.513. The van der Waals surface area contributed by atoms with E-state index >= 15 is 0 Å². The van der Waals surface area contributed by atoms with Gasteiger partial charge in [-0.3, -0.25) is 9.10 Å². The van der Waals surface area contributed by atoms with Crippen LogP contribution in [0, 0.1) is 6.92 Å². The Balaban J connectivity index is 1.64. The van der Waals surface area contributed by atoms with Gasteiger partial charge in [-0.1, -0.05) is 40.9 Å². The third-order valence-electron chi connectivity index (χ3n) is 5.25. The van der Waals surface area contributed by atoms with Crippen molar-refractivity contribution in [3.63, 3.8) is 0 Å². The van der Waals surface area contributed by atoms with Crippen LogP contribution in [0.4, 0.5) is 11.4 Å². The van der Waals surface area contributed by atoms with E-state index in [-0.39, 0.29) is 16.8 Å². The third-order valence-corrected chi connectivity index (χ3v) is 7.76. The van der Waals surface area contributed by atoms with Crippen LogP contribution in [-0.4, -0.2) is 20.4 Å². The Bertz CT molecular complexity index is 1270. The van der Waals surface area contributed by atoms with E-state index in [1.807, 2.05) is 13.8 Å². The van der Waals surface area contributed by atoms with Gasteiger partial charge in [0.15, 0.2) is 0 Å². The first-order valence-corrected chi connectivity index (χ1v) is 11.9. The molecule has 8 heteroatoms. The van der Waals surface area contributed by atoms with Crippen LogP contribution < -0.4 is 9.62 Å². The second-order valence-corrected chi connectivity index (χ2v) is 10.2. The summed E-state index contributed by atoms with van der Waals surface area (Å²) in [7, 11) is -3.71. The fourth-order valence-corrected chi connectivity index (χ4v) is 5.75. The molecule has 0 saturated carbocycles. The number of nitrogens with one attached hydrogen (secondary N) is 1. The number of sulfonamides is 1. The highest BCUT2D eigenvalue weighted by atomic mass is 35.5. The average Bonchev–Trinajstić information content (AvgIpc) is 3.06. The SMILES string of the molecule is Cc1ccc(S(=O)(=O)N2c3ccc(C(=O)Nc4cc(Cl)ccc4Cl)cc3C[C@@H]2C)cc1. The first-order chi connectivity index (χ1) is 14.7. The maximum atomic E-state index is 13.3. The van der Waals surface area contributed by atoms with Gasteiger partial charge in [-0.2, -0.15) is 0 Å². The van der Waals surface area contributed by atoms with Gasteiger partial charge in [0.2, 0.25) is 0 Å². The van der Waals surface area contributed by atoms with Crippen molar-refractivity contribution in [1.82, 2.24) is 0 Å². The lowest BCUT2D eigenvalue weighted by Gasteiger charge is -2.24. The zero-order chi connectivity index (χ0) is 22.3. The lowest BCUT2D eigenvalue weighted by molar-refractivity contribution is 0.102. The number of nitrogens with zero attached hydrogens (tertiary/aromatic N) is 1. The molecule has 1 aliphatic heterocycles. The molecule has 0 unspecified atom stereocenters. The van der Waals surface area contributed by atoms with Crippen LogP contribution in [0.25, 0.3) is 0 Å². The van der Waals surface area contributed by atoms with Crippen molar-refractivity contribution in [2.75, 3.05) is 9.62 Å². The zero-order valence-electron chi connectivity index (χ0n) is 16.9. The number of anilines is 2. The van der Waals surface area contributed by atoms with Crippen LogP contribution in [0.2, 0.25) is 10.0 Å². The van der Waals surface area contributed by atoms with Crippen LogP contribution in [0.5, 0.6) is 0 Å². The molecule has 1 N–H and O–H groups in total. The van der Waals surface area contributed by atoms with Crippen LogP contribution in [-0.2, 0) is 16.4 Å². The normalized spacial score (nSPS) is 15.6. The highest BCUT2D eigenvalue weighted by Crippen LogP contribution is 2.37. The largest absolute Gasteiger partial charge is 0.321 e. The van der Waals surface area contributed by atoms with E-state index in [0.29, 0.717) is 33.4 Å². The van der Waals surface area contributed by atoms with Gasteiger partial charge in [-0.05, 0) is 74.4 Å². The number of amides is 1. The van der Waals surface area contributed by atoms with Crippen molar-refractivity contribution in [2.45, 2.75) is 31.2 Å². The Morgan fingerprint density at radius 1 is 1.03 bits per heavy atom. The van der Waals surface area contributed by atoms with Crippen molar-refractivity contribution in [3.8, 4) is 0 Å². The molecular weight excluding hydrogens is 455 g/mol. The molecule has 3 aromatic carbocycles. The lowest BCUT2D eigenvalue weighted by atomic mass is 10.1. The molecule has 1 heterocycles. The van der Waals surface area contributed by atoms with Gasteiger partial charge < -0.3 is 5.32 Å². The van der Waals surface area contributed by atoms with Gasteiger partial charge in [0.25, 0.3) is 15.9 Å². The Morgan fingerprint density at radius 2 is 1.74 bits per heavy atom. The molecule has 1 amide bonds. The summed E-state index contributed by atoms with van der Waals surface area (Å²) in [5, 5.41) is 3.59. The molecule has 0 saturated heterocycles. The van der Waals surface area contributed by atoms with Gasteiger partial charge in [-0.15, -0.1) is 0 Å². The van der Waals surface area contributed by atoms with Crippen LogP contribution in [0.15, 0.2) is 65.6 Å². The summed E-state index contributed by atoms with van der Waals surface area (Å²) in [6, 6.07) is 16.4. The van der Waals surface area contributed by atoms with Crippen LogP contribution in [0.1, 0.15) is 28.4 Å². The molecule has 5 nitrogen and oxygen atoms in total. The number of carbonyl (C=O) groups excluding carboxylic acids is 1. The van der Waals surface area contributed by atoms with E-state index in [2.05, 4.69) is 5.32 Å². The predicted molar refractivity (Wildman–Crippen MR) is 125 cm³/mol. The summed E-state index contributed by atoms with van der Waals surface area (Å²) >= 11 is 12.1. The summed E-state index contributed by atoms with van der Waals surface area (Å²) in [6.45, 7) is 3.77. The molecule has 0 aliphatic carbocycles. The van der Waals surface area contributed by atoms with Gasteiger partial charge >= 0.3 is 0 Å². The molecule has 31 heavy (non-hydrogen) atoms. The second kappa shape index (κ2) is 8.19. The Labute approximate surface area is 191 Å². The van der Waals surface area contributed by atoms with Crippen LogP contribution >= 0.6 is 23.2 Å². The fraction of sp³-hybridized carbons (Fsp3) is 0.174. The maximum Gasteiger partial charge on any atom is 0.264 e. The number of carbonyl (C=O) groups is 1. The minimum atomic E-state index is -3.71. The van der Waals surface area contributed by atoms with Crippen molar-refractivity contribution >= 4 is 50.5 Å². The standard InChI is InChI=1S/C23H20Cl2N2O3S/c1-14-3-7-19(8-4-14)31(29,30)27-15(2)11-17-12-16(5-10-22(17)27)23(28)26-21-13-18(24)6-9-20(21)25/h3-10,12-13,15H,11H2,1-2H3,(H,26,28)/t15-/m0/s1. The quantitative estimate of drug-likeness (QED) is 0.527. The number of rotatable bonds is 4. The van der Waals surface area contributed by atoms with Gasteiger partial charge in [-0.25, -0.2) is 8.42 Å². The summed E-state index contributed by atoms with van der Waals surface area (Å²) in [4.78, 5) is 13.0. The second-order valence-electron chi connectivity index (χ2n) is 7.59. The molecular formula is C23H20Cl2N2O3S. The maximum absolute atomic E-state index is 13.3. The Kier molecular flexibility index (Phi) is 5.73. The number of hydrogen-bond donors (Lipinski definition) is 1. The van der Waals surface area contributed by atoms with Gasteiger partial charge in [0.05, 0.1) is 21.3 Å². The topological polar surface area (TPSA) is 66.5 Å². The van der Waals surface area contributed by atoms with E-state index in [1.165, 1.54) is 4.31 Å². The smallest absolute Gasteiger partial charge is 0.264 e. The minimum Gasteiger partial charge on any atom is -0.321 e. The molecule has 0 spiro atoms. The van der Waals surface area contributed by atoms with Gasteiger partial charge in [0.1, 0.15) is 0 Å². The van der Waals surface area contributed by atoms with E-state index in [1.54, 1.807) is 60.7 Å². The first-order valence-electron chi connectivity index (χ1n) is 9.67. The fourth-order valence-electron chi connectivity index (χ4n) is 3.72. The average molecular weight is 475 g/mol. The summed E-state index contributed by atoms with van der Waals surface area (Å²) < 4.78 is 28.0. The van der Waals surface area contributed by atoms with Crippen LogP contribution in [0.3, 0.4) is 0 Å². The lowest BCUT2D eigenvalue weighted by Crippen LogP contribution is -2.35. The number of halogens is 2. The highest BCUT2D eigenvalue weighted by molar-refractivity contribution is 7.92. The van der Waals surface area contributed by atoms with Crippen molar-refractivity contribution in [2.24, 2.45) is 0 Å². The monoisotopic (exact) mass is 474 g/mol. The molecule has 160 valence electrons. The third kappa shape index (κ3) is 4.15. The van der Waals surface area contributed by atoms with E-state index in [9.17, 15) is 13.2 Å². The van der Waals surface area contributed by atoms with Crippen molar-refractivity contribution in [1.29, 1.82) is 0 Å². The molecule has 0 aromatic heterocycles.